The second-order valence-corrected chi connectivity index (χ2v) is 4.99. The first-order valence-corrected chi connectivity index (χ1v) is 6.66. The predicted octanol–water partition coefficient (Wildman–Crippen LogP) is 2.56. The first-order chi connectivity index (χ1) is 10.2. The molecule has 3 rings (SSSR count). The summed E-state index contributed by atoms with van der Waals surface area (Å²) in [5, 5.41) is 0. The summed E-state index contributed by atoms with van der Waals surface area (Å²) in [7, 11) is 0. The van der Waals surface area contributed by atoms with Crippen LogP contribution in [0.4, 0.5) is 8.78 Å². The summed E-state index contributed by atoms with van der Waals surface area (Å²) in [6.07, 6.45) is 6.15. The van der Waals surface area contributed by atoms with Crippen molar-refractivity contribution in [2.75, 3.05) is 0 Å². The fraction of sp³-hybridized carbons (Fsp3) is 0.267. The minimum Gasteiger partial charge on any atom is -0.331 e. The minimum absolute atomic E-state index is 0.0772. The molecule has 0 N–H and O–H groups in total. The summed E-state index contributed by atoms with van der Waals surface area (Å²) in [6.45, 7) is 0.334. The molecule has 1 saturated carbocycles. The molecule has 2 heterocycles. The topological polar surface area (TPSA) is 46.1 Å². The second kappa shape index (κ2) is 5.55. The van der Waals surface area contributed by atoms with Crippen LogP contribution in [-0.2, 0) is 6.54 Å². The molecular formula is C15H13F2N3O. The van der Waals surface area contributed by atoms with Crippen LogP contribution in [0.1, 0.15) is 28.8 Å². The third-order valence-electron chi connectivity index (χ3n) is 3.40. The van der Waals surface area contributed by atoms with Gasteiger partial charge < -0.3 is 4.90 Å². The van der Waals surface area contributed by atoms with Crippen LogP contribution >= 0.6 is 0 Å². The zero-order valence-corrected chi connectivity index (χ0v) is 11.2. The van der Waals surface area contributed by atoms with Gasteiger partial charge in [0.05, 0.1) is 5.56 Å². The number of rotatable bonds is 4. The Kier molecular flexibility index (Phi) is 3.60. The molecule has 0 saturated heterocycles. The van der Waals surface area contributed by atoms with Gasteiger partial charge in [0.1, 0.15) is 0 Å². The first-order valence-electron chi connectivity index (χ1n) is 6.66. The van der Waals surface area contributed by atoms with E-state index < -0.39 is 17.7 Å². The number of hydrogen-bond acceptors (Lipinski definition) is 3. The average molecular weight is 289 g/mol. The van der Waals surface area contributed by atoms with E-state index in [2.05, 4.69) is 9.97 Å². The minimum atomic E-state index is -1.25. The molecule has 0 unspecified atom stereocenters. The molecule has 4 nitrogen and oxygen atoms in total. The van der Waals surface area contributed by atoms with Crippen molar-refractivity contribution >= 4 is 5.91 Å². The van der Waals surface area contributed by atoms with Crippen molar-refractivity contribution in [3.8, 4) is 0 Å². The molecule has 1 aliphatic rings. The van der Waals surface area contributed by atoms with E-state index in [1.165, 1.54) is 6.07 Å². The molecular weight excluding hydrogens is 276 g/mol. The lowest BCUT2D eigenvalue weighted by Crippen LogP contribution is -2.33. The molecule has 0 bridgehead atoms. The van der Waals surface area contributed by atoms with Gasteiger partial charge in [0, 0.05) is 31.2 Å². The summed E-state index contributed by atoms with van der Waals surface area (Å²) < 4.78 is 26.9. The van der Waals surface area contributed by atoms with Gasteiger partial charge in [0.2, 0.25) is 5.95 Å². The zero-order chi connectivity index (χ0) is 14.8. The van der Waals surface area contributed by atoms with E-state index in [-0.39, 0.29) is 11.6 Å². The molecule has 1 amide bonds. The summed E-state index contributed by atoms with van der Waals surface area (Å²) in [6, 6.07) is 4.91. The third kappa shape index (κ3) is 2.89. The lowest BCUT2D eigenvalue weighted by Gasteiger charge is -2.22. The second-order valence-electron chi connectivity index (χ2n) is 4.99. The highest BCUT2D eigenvalue weighted by atomic mass is 19.2. The standard InChI is InChI=1S/C15H13F2N3O/c16-13-12(5-7-19-14(13)17)15(21)20(11-3-4-11)9-10-2-1-6-18-8-10/h1-2,5-8,11H,3-4,9H2. The summed E-state index contributed by atoms with van der Waals surface area (Å²) in [5.74, 6) is -2.96. The lowest BCUT2D eigenvalue weighted by atomic mass is 10.2. The van der Waals surface area contributed by atoms with E-state index in [4.69, 9.17) is 0 Å². The Balaban J connectivity index is 1.87. The van der Waals surface area contributed by atoms with Crippen molar-refractivity contribution < 1.29 is 13.6 Å². The Bertz CT molecular complexity index is 659. The Labute approximate surface area is 120 Å². The number of pyridine rings is 2. The molecule has 6 heteroatoms. The van der Waals surface area contributed by atoms with E-state index in [0.717, 1.165) is 24.6 Å². The number of hydrogen-bond donors (Lipinski definition) is 0. The molecule has 1 fully saturated rings. The Morgan fingerprint density at radius 3 is 2.76 bits per heavy atom. The number of carbonyl (C=O) groups excluding carboxylic acids is 1. The summed E-state index contributed by atoms with van der Waals surface area (Å²) in [5.41, 5.74) is 0.575. The molecule has 0 atom stereocenters. The van der Waals surface area contributed by atoms with Gasteiger partial charge in [-0.25, -0.2) is 9.37 Å². The molecule has 2 aromatic rings. The normalized spacial score (nSPS) is 14.0. The van der Waals surface area contributed by atoms with E-state index in [1.54, 1.807) is 23.4 Å². The van der Waals surface area contributed by atoms with Crippen molar-refractivity contribution in [2.45, 2.75) is 25.4 Å². The van der Waals surface area contributed by atoms with Crippen LogP contribution in [-0.4, -0.2) is 26.8 Å². The average Bonchev–Trinajstić information content (AvgIpc) is 3.33. The fourth-order valence-corrected chi connectivity index (χ4v) is 2.18. The van der Waals surface area contributed by atoms with Crippen LogP contribution in [0.25, 0.3) is 0 Å². The SMILES string of the molecule is O=C(c1ccnc(F)c1F)N(Cc1cccnc1)C1CC1. The molecule has 1 aliphatic carbocycles. The summed E-state index contributed by atoms with van der Waals surface area (Å²) >= 11 is 0. The van der Waals surface area contributed by atoms with Crippen molar-refractivity contribution in [3.63, 3.8) is 0 Å². The monoisotopic (exact) mass is 289 g/mol. The zero-order valence-electron chi connectivity index (χ0n) is 11.2. The highest BCUT2D eigenvalue weighted by Gasteiger charge is 2.34. The molecule has 21 heavy (non-hydrogen) atoms. The Hall–Kier alpha value is -2.37. The van der Waals surface area contributed by atoms with E-state index in [1.807, 2.05) is 6.07 Å². The fourth-order valence-electron chi connectivity index (χ4n) is 2.18. The van der Waals surface area contributed by atoms with Crippen molar-refractivity contribution in [3.05, 3.63) is 59.7 Å². The molecule has 0 spiro atoms. The number of nitrogens with zero attached hydrogens (tertiary/aromatic N) is 3. The third-order valence-corrected chi connectivity index (χ3v) is 3.40. The van der Waals surface area contributed by atoms with Crippen LogP contribution < -0.4 is 0 Å². The van der Waals surface area contributed by atoms with Crippen molar-refractivity contribution in [1.29, 1.82) is 0 Å². The highest BCUT2D eigenvalue weighted by Crippen LogP contribution is 2.30. The van der Waals surface area contributed by atoms with E-state index in [9.17, 15) is 13.6 Å². The first kappa shape index (κ1) is 13.6. The van der Waals surface area contributed by atoms with Gasteiger partial charge in [0.25, 0.3) is 5.91 Å². The molecule has 0 aromatic carbocycles. The molecule has 2 aromatic heterocycles. The van der Waals surface area contributed by atoms with Gasteiger partial charge in [-0.2, -0.15) is 4.39 Å². The Morgan fingerprint density at radius 2 is 2.10 bits per heavy atom. The maximum Gasteiger partial charge on any atom is 0.257 e. The van der Waals surface area contributed by atoms with Crippen LogP contribution in [0.15, 0.2) is 36.8 Å². The predicted molar refractivity (Wildman–Crippen MR) is 71.3 cm³/mol. The maximum atomic E-state index is 13.7. The van der Waals surface area contributed by atoms with E-state index in [0.29, 0.717) is 6.54 Å². The van der Waals surface area contributed by atoms with E-state index >= 15 is 0 Å². The van der Waals surface area contributed by atoms with Gasteiger partial charge in [-0.15, -0.1) is 0 Å². The largest absolute Gasteiger partial charge is 0.331 e. The van der Waals surface area contributed by atoms with Crippen LogP contribution in [0.2, 0.25) is 0 Å². The van der Waals surface area contributed by atoms with Crippen molar-refractivity contribution in [1.82, 2.24) is 14.9 Å². The summed E-state index contributed by atoms with van der Waals surface area (Å²) in [4.78, 5) is 21.2. The van der Waals surface area contributed by atoms with Gasteiger partial charge in [-0.05, 0) is 30.5 Å². The smallest absolute Gasteiger partial charge is 0.257 e. The lowest BCUT2D eigenvalue weighted by molar-refractivity contribution is 0.0723. The van der Waals surface area contributed by atoms with Crippen LogP contribution in [0, 0.1) is 11.8 Å². The van der Waals surface area contributed by atoms with Crippen LogP contribution in [0.5, 0.6) is 0 Å². The number of carbonyl (C=O) groups is 1. The van der Waals surface area contributed by atoms with Crippen LogP contribution in [0.3, 0.4) is 0 Å². The number of amides is 1. The quantitative estimate of drug-likeness (QED) is 0.813. The highest BCUT2D eigenvalue weighted by molar-refractivity contribution is 5.94. The van der Waals surface area contributed by atoms with Gasteiger partial charge in [-0.3, -0.25) is 9.78 Å². The number of halogens is 2. The van der Waals surface area contributed by atoms with Gasteiger partial charge in [-0.1, -0.05) is 6.07 Å². The number of aromatic nitrogens is 2. The maximum absolute atomic E-state index is 13.7. The van der Waals surface area contributed by atoms with Crippen molar-refractivity contribution in [2.24, 2.45) is 0 Å². The van der Waals surface area contributed by atoms with Gasteiger partial charge in [0.15, 0.2) is 5.82 Å². The molecule has 108 valence electrons. The Morgan fingerprint density at radius 1 is 1.29 bits per heavy atom. The molecule has 0 radical (unpaired) electrons. The van der Waals surface area contributed by atoms with Gasteiger partial charge >= 0.3 is 0 Å². The molecule has 0 aliphatic heterocycles.